The van der Waals surface area contributed by atoms with Gasteiger partial charge in [0.25, 0.3) is 0 Å². The molecule has 0 aliphatic carbocycles. The predicted molar refractivity (Wildman–Crippen MR) is 83.1 cm³/mol. The maximum absolute atomic E-state index is 12.6. The van der Waals surface area contributed by atoms with Gasteiger partial charge in [-0.1, -0.05) is 39.0 Å². The van der Waals surface area contributed by atoms with Crippen LogP contribution in [-0.4, -0.2) is 20.5 Å². The van der Waals surface area contributed by atoms with Crippen LogP contribution in [0.2, 0.25) is 0 Å². The summed E-state index contributed by atoms with van der Waals surface area (Å²) in [5.41, 5.74) is 5.99. The van der Waals surface area contributed by atoms with E-state index in [0.29, 0.717) is 23.7 Å². The molecule has 1 aromatic carbocycles. The number of aryl methyl sites for hydroxylation is 1. The van der Waals surface area contributed by atoms with Gasteiger partial charge in [-0.15, -0.1) is 0 Å². The second-order valence-corrected chi connectivity index (χ2v) is 7.58. The van der Waals surface area contributed by atoms with Gasteiger partial charge in [-0.25, -0.2) is 13.1 Å². The molecule has 114 valence electrons. The van der Waals surface area contributed by atoms with Gasteiger partial charge < -0.3 is 5.73 Å². The van der Waals surface area contributed by atoms with Gasteiger partial charge in [0, 0.05) is 12.1 Å². The topological polar surface area (TPSA) is 72.2 Å². The van der Waals surface area contributed by atoms with Gasteiger partial charge >= 0.3 is 0 Å². The Hall–Kier alpha value is -0.910. The molecule has 0 aromatic heterocycles. The summed E-state index contributed by atoms with van der Waals surface area (Å²) in [7, 11) is -3.55. The third-order valence-electron chi connectivity index (χ3n) is 3.33. The minimum absolute atomic E-state index is 0.276. The van der Waals surface area contributed by atoms with Crippen LogP contribution in [0.1, 0.15) is 39.7 Å². The van der Waals surface area contributed by atoms with Crippen molar-refractivity contribution in [3.05, 3.63) is 29.8 Å². The molecule has 1 unspecified atom stereocenters. The normalized spacial score (nSPS) is 15.3. The van der Waals surface area contributed by atoms with Crippen LogP contribution in [0.15, 0.2) is 29.2 Å². The van der Waals surface area contributed by atoms with E-state index in [4.69, 9.17) is 5.73 Å². The van der Waals surface area contributed by atoms with E-state index in [2.05, 4.69) is 18.6 Å². The smallest absolute Gasteiger partial charge is 0.241 e. The maximum atomic E-state index is 12.6. The van der Waals surface area contributed by atoms with Crippen molar-refractivity contribution >= 4 is 10.0 Å². The van der Waals surface area contributed by atoms with Gasteiger partial charge in [0.1, 0.15) is 0 Å². The summed E-state index contributed by atoms with van der Waals surface area (Å²) in [5, 5.41) is 0. The van der Waals surface area contributed by atoms with Crippen molar-refractivity contribution in [3.8, 4) is 0 Å². The van der Waals surface area contributed by atoms with Crippen molar-refractivity contribution in [2.45, 2.75) is 51.0 Å². The molecule has 0 radical (unpaired) electrons. The van der Waals surface area contributed by atoms with E-state index in [1.165, 1.54) is 0 Å². The highest BCUT2D eigenvalue weighted by atomic mass is 32.2. The van der Waals surface area contributed by atoms with E-state index in [9.17, 15) is 8.42 Å². The number of benzene rings is 1. The zero-order valence-corrected chi connectivity index (χ0v) is 13.6. The first-order valence-corrected chi connectivity index (χ1v) is 8.54. The molecule has 0 saturated carbocycles. The summed E-state index contributed by atoms with van der Waals surface area (Å²) >= 11 is 0. The molecule has 1 rings (SSSR count). The molecular weight excluding hydrogens is 272 g/mol. The summed E-state index contributed by atoms with van der Waals surface area (Å²) in [6, 6.07) is 7.09. The summed E-state index contributed by atoms with van der Waals surface area (Å²) in [6.07, 6.45) is 1.39. The fourth-order valence-corrected chi connectivity index (χ4v) is 4.25. The molecule has 0 aliphatic heterocycles. The van der Waals surface area contributed by atoms with E-state index in [1.54, 1.807) is 12.1 Å². The SMILES string of the molecule is CCc1ccccc1S(=O)(=O)NC(C)(CN)CC(C)C. The minimum Gasteiger partial charge on any atom is -0.329 e. The van der Waals surface area contributed by atoms with Gasteiger partial charge in [-0.3, -0.25) is 0 Å². The van der Waals surface area contributed by atoms with Gasteiger partial charge in [0.05, 0.1) is 4.90 Å². The first-order valence-electron chi connectivity index (χ1n) is 7.06. The van der Waals surface area contributed by atoms with Crippen LogP contribution in [-0.2, 0) is 16.4 Å². The van der Waals surface area contributed by atoms with Crippen molar-refractivity contribution in [1.82, 2.24) is 4.72 Å². The third kappa shape index (κ3) is 4.30. The van der Waals surface area contributed by atoms with Gasteiger partial charge in [-0.2, -0.15) is 0 Å². The monoisotopic (exact) mass is 298 g/mol. The Morgan fingerprint density at radius 2 is 1.90 bits per heavy atom. The number of hydrogen-bond acceptors (Lipinski definition) is 3. The Morgan fingerprint density at radius 3 is 2.40 bits per heavy atom. The average Bonchev–Trinajstić information content (AvgIpc) is 2.37. The van der Waals surface area contributed by atoms with E-state index < -0.39 is 15.6 Å². The van der Waals surface area contributed by atoms with Gasteiger partial charge in [0.15, 0.2) is 0 Å². The molecular formula is C15H26N2O2S. The Morgan fingerprint density at radius 1 is 1.30 bits per heavy atom. The zero-order valence-electron chi connectivity index (χ0n) is 12.8. The number of nitrogens with two attached hydrogens (primary N) is 1. The lowest BCUT2D eigenvalue weighted by Gasteiger charge is -2.31. The van der Waals surface area contributed by atoms with E-state index in [1.807, 2.05) is 26.0 Å². The van der Waals surface area contributed by atoms with Crippen LogP contribution < -0.4 is 10.5 Å². The van der Waals surface area contributed by atoms with Crippen molar-refractivity contribution in [2.75, 3.05) is 6.54 Å². The van der Waals surface area contributed by atoms with E-state index in [0.717, 1.165) is 5.56 Å². The third-order valence-corrected chi connectivity index (χ3v) is 5.07. The summed E-state index contributed by atoms with van der Waals surface area (Å²) in [6.45, 7) is 8.20. The fourth-order valence-electron chi connectivity index (χ4n) is 2.51. The molecule has 0 saturated heterocycles. The average molecular weight is 298 g/mol. The standard InChI is InChI=1S/C15H26N2O2S/c1-5-13-8-6-7-9-14(13)20(18,19)17-15(4,11-16)10-12(2)3/h6-9,12,17H,5,10-11,16H2,1-4H3. The Balaban J connectivity index is 3.11. The van der Waals surface area contributed by atoms with Crippen molar-refractivity contribution in [2.24, 2.45) is 11.7 Å². The summed E-state index contributed by atoms with van der Waals surface area (Å²) in [4.78, 5) is 0.353. The molecule has 20 heavy (non-hydrogen) atoms. The van der Waals surface area contributed by atoms with Crippen LogP contribution in [0.3, 0.4) is 0 Å². The number of hydrogen-bond donors (Lipinski definition) is 2. The molecule has 0 aliphatic rings. The minimum atomic E-state index is -3.55. The van der Waals surface area contributed by atoms with Crippen molar-refractivity contribution in [3.63, 3.8) is 0 Å². The van der Waals surface area contributed by atoms with Crippen molar-refractivity contribution < 1.29 is 8.42 Å². The van der Waals surface area contributed by atoms with Crippen LogP contribution >= 0.6 is 0 Å². The highest BCUT2D eigenvalue weighted by molar-refractivity contribution is 7.89. The number of rotatable bonds is 7. The lowest BCUT2D eigenvalue weighted by atomic mass is 9.92. The lowest BCUT2D eigenvalue weighted by molar-refractivity contribution is 0.344. The largest absolute Gasteiger partial charge is 0.329 e. The van der Waals surface area contributed by atoms with Gasteiger partial charge in [0.2, 0.25) is 10.0 Å². The molecule has 1 aromatic rings. The molecule has 4 nitrogen and oxygen atoms in total. The molecule has 5 heteroatoms. The Bertz CT molecular complexity index is 541. The van der Waals surface area contributed by atoms with Crippen LogP contribution in [0.4, 0.5) is 0 Å². The molecule has 0 bridgehead atoms. The maximum Gasteiger partial charge on any atom is 0.241 e. The Labute approximate surface area is 122 Å². The van der Waals surface area contributed by atoms with E-state index in [-0.39, 0.29) is 6.54 Å². The second-order valence-electron chi connectivity index (χ2n) is 5.93. The highest BCUT2D eigenvalue weighted by Gasteiger charge is 2.31. The number of nitrogens with one attached hydrogen (secondary N) is 1. The quantitative estimate of drug-likeness (QED) is 0.811. The molecule has 0 amide bonds. The lowest BCUT2D eigenvalue weighted by Crippen LogP contribution is -2.52. The zero-order chi connectivity index (χ0) is 15.4. The first kappa shape index (κ1) is 17.1. The summed E-state index contributed by atoms with van der Waals surface area (Å²) < 4.78 is 28.0. The molecule has 0 fully saturated rings. The fraction of sp³-hybridized carbons (Fsp3) is 0.600. The summed E-state index contributed by atoms with van der Waals surface area (Å²) in [5.74, 6) is 0.368. The van der Waals surface area contributed by atoms with E-state index >= 15 is 0 Å². The molecule has 1 atom stereocenters. The number of sulfonamides is 1. The molecule has 3 N–H and O–H groups in total. The second kappa shape index (κ2) is 6.70. The van der Waals surface area contributed by atoms with Crippen molar-refractivity contribution in [1.29, 1.82) is 0 Å². The predicted octanol–water partition coefficient (Wildman–Crippen LogP) is 2.29. The first-order chi connectivity index (χ1) is 9.24. The Kier molecular flexibility index (Phi) is 5.74. The molecule has 0 spiro atoms. The van der Waals surface area contributed by atoms with Gasteiger partial charge in [-0.05, 0) is 37.3 Å². The van der Waals surface area contributed by atoms with Crippen LogP contribution in [0.25, 0.3) is 0 Å². The highest BCUT2D eigenvalue weighted by Crippen LogP contribution is 2.21. The van der Waals surface area contributed by atoms with Crippen LogP contribution in [0.5, 0.6) is 0 Å². The van der Waals surface area contributed by atoms with Crippen LogP contribution in [0, 0.1) is 5.92 Å². The molecule has 0 heterocycles.